The molecule has 1 saturated carbocycles. The number of phenolic OH excluding ortho intramolecular Hbond substituents is 1. The van der Waals surface area contributed by atoms with E-state index in [1.807, 2.05) is 18.2 Å². The van der Waals surface area contributed by atoms with Crippen LogP contribution in [0.5, 0.6) is 5.75 Å². The van der Waals surface area contributed by atoms with Gasteiger partial charge in [-0.15, -0.1) is 0 Å². The molecule has 1 aromatic heterocycles. The van der Waals surface area contributed by atoms with Gasteiger partial charge < -0.3 is 19.6 Å². The van der Waals surface area contributed by atoms with E-state index < -0.39 is 0 Å². The van der Waals surface area contributed by atoms with Gasteiger partial charge in [0.2, 0.25) is 0 Å². The van der Waals surface area contributed by atoms with Crippen molar-refractivity contribution in [2.75, 3.05) is 45.9 Å². The fourth-order valence-corrected chi connectivity index (χ4v) is 4.84. The van der Waals surface area contributed by atoms with Gasteiger partial charge in [-0.1, -0.05) is 35.5 Å². The summed E-state index contributed by atoms with van der Waals surface area (Å²) in [4.78, 5) is 5.00. The largest absolute Gasteiger partial charge is 0.508 e. The molecule has 1 saturated heterocycles. The third-order valence-corrected chi connectivity index (χ3v) is 6.85. The smallest absolute Gasteiger partial charge is 0.152 e. The molecule has 2 aliphatic rings. The summed E-state index contributed by atoms with van der Waals surface area (Å²) in [5, 5.41) is 23.3. The molecule has 6 heteroatoms. The van der Waals surface area contributed by atoms with Gasteiger partial charge in [0.15, 0.2) is 5.76 Å². The molecule has 0 atom stereocenters. The molecule has 0 bridgehead atoms. The Morgan fingerprint density at radius 1 is 0.875 bits per heavy atom. The number of aromatic nitrogens is 1. The van der Waals surface area contributed by atoms with Gasteiger partial charge in [-0.05, 0) is 49.1 Å². The molecule has 6 nitrogen and oxygen atoms in total. The molecule has 32 heavy (non-hydrogen) atoms. The summed E-state index contributed by atoms with van der Waals surface area (Å²) in [6.45, 7) is 6.43. The van der Waals surface area contributed by atoms with Gasteiger partial charge in [0.25, 0.3) is 0 Å². The molecule has 1 aliphatic heterocycles. The first kappa shape index (κ1) is 21.2. The van der Waals surface area contributed by atoms with Gasteiger partial charge >= 0.3 is 0 Å². The monoisotopic (exact) mass is 433 g/mol. The Labute approximate surface area is 189 Å². The van der Waals surface area contributed by atoms with E-state index in [0.717, 1.165) is 86.7 Å². The van der Waals surface area contributed by atoms with Crippen molar-refractivity contribution in [3.05, 3.63) is 60.4 Å². The fraction of sp³-hybridized carbons (Fsp3) is 0.423. The number of rotatable bonds is 8. The molecule has 0 spiro atoms. The molecule has 0 radical (unpaired) electrons. The highest BCUT2D eigenvalue weighted by molar-refractivity contribution is 5.83. The van der Waals surface area contributed by atoms with E-state index in [0.29, 0.717) is 0 Å². The number of aliphatic hydroxyl groups excluding tert-OH is 1. The number of aromatic hydroxyl groups is 1. The molecule has 1 aliphatic carbocycles. The topological polar surface area (TPSA) is 73.0 Å². The number of aliphatic hydroxyl groups is 1. The fourth-order valence-electron chi connectivity index (χ4n) is 4.84. The first-order valence-corrected chi connectivity index (χ1v) is 11.6. The van der Waals surface area contributed by atoms with Gasteiger partial charge in [-0.2, -0.15) is 0 Å². The zero-order chi connectivity index (χ0) is 22.0. The van der Waals surface area contributed by atoms with Gasteiger partial charge in [0.05, 0.1) is 5.56 Å². The second-order valence-corrected chi connectivity index (χ2v) is 9.12. The number of hydrogen-bond acceptors (Lipinski definition) is 6. The summed E-state index contributed by atoms with van der Waals surface area (Å²) >= 11 is 0. The van der Waals surface area contributed by atoms with Crippen molar-refractivity contribution in [3.8, 4) is 28.1 Å². The van der Waals surface area contributed by atoms with Crippen LogP contribution in [0.4, 0.5) is 0 Å². The summed E-state index contributed by atoms with van der Waals surface area (Å²) < 4.78 is 6.10. The van der Waals surface area contributed by atoms with Gasteiger partial charge in [0.1, 0.15) is 11.4 Å². The lowest BCUT2D eigenvalue weighted by Crippen LogP contribution is -2.48. The molecule has 2 N–H and O–H groups in total. The van der Waals surface area contributed by atoms with Crippen LogP contribution in [-0.2, 0) is 5.41 Å². The third kappa shape index (κ3) is 4.31. The Hall–Kier alpha value is -2.67. The average molecular weight is 434 g/mol. The Balaban J connectivity index is 1.42. The Morgan fingerprint density at radius 3 is 2.22 bits per heavy atom. The SMILES string of the molecule is OCCCN1CCN(CC2(c3onc(-c4ccc(O)cc4)c3-c3ccccc3)CC2)CC1. The summed E-state index contributed by atoms with van der Waals surface area (Å²) in [5.74, 6) is 1.24. The summed E-state index contributed by atoms with van der Waals surface area (Å²) in [6.07, 6.45) is 3.08. The summed E-state index contributed by atoms with van der Waals surface area (Å²) in [5.41, 5.74) is 4.00. The van der Waals surface area contributed by atoms with E-state index in [9.17, 15) is 5.11 Å². The van der Waals surface area contributed by atoms with E-state index in [2.05, 4.69) is 39.2 Å². The standard InChI is InChI=1S/C26H31N3O3/c30-18-4-13-28-14-16-29(17-15-28)19-26(11-12-26)25-23(20-5-2-1-3-6-20)24(27-32-25)21-7-9-22(31)10-8-21/h1-3,5-10,30-31H,4,11-19H2. The van der Waals surface area contributed by atoms with Crippen molar-refractivity contribution < 1.29 is 14.7 Å². The highest BCUT2D eigenvalue weighted by Gasteiger charge is 2.51. The number of hydrogen-bond donors (Lipinski definition) is 2. The first-order valence-electron chi connectivity index (χ1n) is 11.6. The minimum absolute atomic E-state index is 0.0145. The molecular formula is C26H31N3O3. The average Bonchev–Trinajstić information content (AvgIpc) is 3.46. The van der Waals surface area contributed by atoms with Crippen LogP contribution in [0, 0.1) is 0 Å². The molecule has 3 aromatic rings. The minimum Gasteiger partial charge on any atom is -0.508 e. The van der Waals surface area contributed by atoms with Gasteiger partial charge in [-0.3, -0.25) is 4.90 Å². The number of piperazine rings is 1. The van der Waals surface area contributed by atoms with Gasteiger partial charge in [-0.25, -0.2) is 0 Å². The van der Waals surface area contributed by atoms with E-state index in [1.165, 1.54) is 0 Å². The van der Waals surface area contributed by atoms with Crippen LogP contribution >= 0.6 is 0 Å². The maximum Gasteiger partial charge on any atom is 0.152 e. The molecule has 0 unspecified atom stereocenters. The molecule has 2 heterocycles. The van der Waals surface area contributed by atoms with Crippen molar-refractivity contribution in [2.45, 2.75) is 24.7 Å². The highest BCUT2D eigenvalue weighted by atomic mass is 16.5. The predicted octanol–water partition coefficient (Wildman–Crippen LogP) is 3.75. The van der Waals surface area contributed by atoms with Crippen LogP contribution in [0.25, 0.3) is 22.4 Å². The molecule has 2 fully saturated rings. The maximum atomic E-state index is 9.72. The van der Waals surface area contributed by atoms with Crippen LogP contribution in [0.3, 0.4) is 0 Å². The lowest BCUT2D eigenvalue weighted by atomic mass is 9.91. The Morgan fingerprint density at radius 2 is 1.56 bits per heavy atom. The zero-order valence-electron chi connectivity index (χ0n) is 18.4. The van der Waals surface area contributed by atoms with Crippen molar-refractivity contribution in [1.29, 1.82) is 0 Å². The zero-order valence-corrected chi connectivity index (χ0v) is 18.4. The quantitative estimate of drug-likeness (QED) is 0.564. The normalized spacial score (nSPS) is 18.7. The lowest BCUT2D eigenvalue weighted by molar-refractivity contribution is 0.113. The highest BCUT2D eigenvalue weighted by Crippen LogP contribution is 2.53. The van der Waals surface area contributed by atoms with Crippen molar-refractivity contribution >= 4 is 0 Å². The van der Waals surface area contributed by atoms with E-state index in [-0.39, 0.29) is 17.8 Å². The first-order chi connectivity index (χ1) is 15.7. The van der Waals surface area contributed by atoms with Crippen LogP contribution in [0.2, 0.25) is 0 Å². The van der Waals surface area contributed by atoms with E-state index in [4.69, 9.17) is 9.63 Å². The minimum atomic E-state index is 0.0145. The third-order valence-electron chi connectivity index (χ3n) is 6.85. The number of benzene rings is 2. The van der Waals surface area contributed by atoms with Crippen molar-refractivity contribution in [2.24, 2.45) is 0 Å². The predicted molar refractivity (Wildman–Crippen MR) is 125 cm³/mol. The number of nitrogens with zero attached hydrogens (tertiary/aromatic N) is 3. The summed E-state index contributed by atoms with van der Waals surface area (Å²) in [7, 11) is 0. The van der Waals surface area contributed by atoms with Crippen LogP contribution in [0.1, 0.15) is 25.0 Å². The van der Waals surface area contributed by atoms with Crippen LogP contribution in [0.15, 0.2) is 59.1 Å². The second kappa shape index (κ2) is 9.06. The van der Waals surface area contributed by atoms with Crippen molar-refractivity contribution in [3.63, 3.8) is 0 Å². The van der Waals surface area contributed by atoms with E-state index >= 15 is 0 Å². The van der Waals surface area contributed by atoms with E-state index in [1.54, 1.807) is 12.1 Å². The maximum absolute atomic E-state index is 9.72. The molecular weight excluding hydrogens is 402 g/mol. The second-order valence-electron chi connectivity index (χ2n) is 9.12. The molecule has 5 rings (SSSR count). The van der Waals surface area contributed by atoms with Gasteiger partial charge in [0, 0.05) is 56.9 Å². The van der Waals surface area contributed by atoms with Crippen LogP contribution in [-0.4, -0.2) is 71.0 Å². The Bertz CT molecular complexity index is 1020. The molecule has 168 valence electrons. The summed E-state index contributed by atoms with van der Waals surface area (Å²) in [6, 6.07) is 17.6. The Kier molecular flexibility index (Phi) is 6.00. The van der Waals surface area contributed by atoms with Crippen LogP contribution < -0.4 is 0 Å². The lowest BCUT2D eigenvalue weighted by Gasteiger charge is -2.36. The number of phenols is 1. The molecule has 2 aromatic carbocycles. The van der Waals surface area contributed by atoms with Crippen molar-refractivity contribution in [1.82, 2.24) is 15.0 Å². The molecule has 0 amide bonds.